The molecule has 1 aromatic heterocycles. The zero-order chi connectivity index (χ0) is 20.3. The van der Waals surface area contributed by atoms with Gasteiger partial charge in [0.1, 0.15) is 19.0 Å². The number of carbonyl (C=O) groups excluding carboxylic acids is 1. The summed E-state index contributed by atoms with van der Waals surface area (Å²) in [6.45, 7) is 4.17. The lowest BCUT2D eigenvalue weighted by Crippen LogP contribution is -2.35. The number of carbonyl (C=O) groups is 1. The molecule has 1 N–H and O–H groups in total. The molecule has 5 rings (SSSR count). The molecule has 3 aliphatic rings. The minimum Gasteiger partial charge on any atom is -0.486 e. The van der Waals surface area contributed by atoms with Gasteiger partial charge in [-0.3, -0.25) is 9.69 Å². The number of piperidine rings is 1. The van der Waals surface area contributed by atoms with Crippen LogP contribution in [0.3, 0.4) is 0 Å². The lowest BCUT2D eigenvalue weighted by atomic mass is 10.0. The van der Waals surface area contributed by atoms with Crippen LogP contribution >= 0.6 is 0 Å². The third-order valence-corrected chi connectivity index (χ3v) is 6.56. The molecule has 7 nitrogen and oxygen atoms in total. The summed E-state index contributed by atoms with van der Waals surface area (Å²) in [6.07, 6.45) is 8.21. The largest absolute Gasteiger partial charge is 0.486 e. The van der Waals surface area contributed by atoms with Gasteiger partial charge in [-0.15, -0.1) is 0 Å². The summed E-state index contributed by atoms with van der Waals surface area (Å²) in [5.74, 6) is 2.87. The van der Waals surface area contributed by atoms with Crippen molar-refractivity contribution in [3.05, 3.63) is 36.0 Å². The normalized spacial score (nSPS) is 20.4. The summed E-state index contributed by atoms with van der Waals surface area (Å²) in [6, 6.07) is 8.50. The molecule has 0 atom stereocenters. The summed E-state index contributed by atoms with van der Waals surface area (Å²) >= 11 is 0. The van der Waals surface area contributed by atoms with Gasteiger partial charge in [-0.05, 0) is 43.4 Å². The first kappa shape index (κ1) is 19.4. The number of benzene rings is 1. The average Bonchev–Trinajstić information content (AvgIpc) is 3.47. The predicted molar refractivity (Wildman–Crippen MR) is 114 cm³/mol. The number of aromatic nitrogens is 2. The molecule has 1 amide bonds. The molecule has 3 heterocycles. The van der Waals surface area contributed by atoms with Crippen LogP contribution in [0.15, 0.2) is 30.5 Å². The smallest absolute Gasteiger partial charge is 0.228 e. The Hall–Kier alpha value is -2.54. The highest BCUT2D eigenvalue weighted by Gasteiger charge is 2.26. The maximum absolute atomic E-state index is 12.5. The third-order valence-electron chi connectivity index (χ3n) is 6.56. The van der Waals surface area contributed by atoms with Crippen molar-refractivity contribution in [1.82, 2.24) is 14.7 Å². The van der Waals surface area contributed by atoms with E-state index in [1.165, 1.54) is 18.4 Å². The summed E-state index contributed by atoms with van der Waals surface area (Å²) in [5, 5.41) is 7.66. The molecule has 1 saturated heterocycles. The number of likely N-dealkylation sites (tertiary alicyclic amines) is 1. The fraction of sp³-hybridized carbons (Fsp3) is 0.565. The molecule has 2 aromatic rings. The van der Waals surface area contributed by atoms with Crippen LogP contribution in [0.25, 0.3) is 0 Å². The molecular formula is C23H30N4O3. The molecular weight excluding hydrogens is 380 g/mol. The van der Waals surface area contributed by atoms with E-state index in [2.05, 4.69) is 27.4 Å². The highest BCUT2D eigenvalue weighted by Crippen LogP contribution is 2.32. The zero-order valence-corrected chi connectivity index (χ0v) is 17.4. The molecule has 2 aliphatic heterocycles. The molecule has 1 aromatic carbocycles. The molecule has 0 bridgehead atoms. The summed E-state index contributed by atoms with van der Waals surface area (Å²) in [7, 11) is 0. The van der Waals surface area contributed by atoms with Crippen molar-refractivity contribution in [2.45, 2.75) is 51.1 Å². The third kappa shape index (κ3) is 4.17. The molecule has 1 aliphatic carbocycles. The van der Waals surface area contributed by atoms with Gasteiger partial charge in [-0.2, -0.15) is 5.10 Å². The van der Waals surface area contributed by atoms with Gasteiger partial charge in [0, 0.05) is 31.6 Å². The van der Waals surface area contributed by atoms with E-state index in [1.54, 1.807) is 6.20 Å². The molecule has 7 heteroatoms. The molecule has 2 fully saturated rings. The monoisotopic (exact) mass is 410 g/mol. The summed E-state index contributed by atoms with van der Waals surface area (Å²) in [5.41, 5.74) is 1.25. The number of nitrogens with zero attached hydrogens (tertiary/aromatic N) is 3. The van der Waals surface area contributed by atoms with E-state index in [-0.39, 0.29) is 11.8 Å². The number of anilines is 1. The van der Waals surface area contributed by atoms with Gasteiger partial charge >= 0.3 is 0 Å². The Morgan fingerprint density at radius 1 is 1.03 bits per heavy atom. The second-order valence-electron chi connectivity index (χ2n) is 8.62. The number of rotatable bonds is 5. The number of amides is 1. The number of hydrogen-bond donors (Lipinski definition) is 1. The first-order valence-electron chi connectivity index (χ1n) is 11.2. The van der Waals surface area contributed by atoms with Crippen molar-refractivity contribution in [3.63, 3.8) is 0 Å². The number of fused-ring (bicyclic) bond motifs is 1. The highest BCUT2D eigenvalue weighted by atomic mass is 16.6. The average molecular weight is 411 g/mol. The first-order valence-corrected chi connectivity index (χ1v) is 11.2. The Kier molecular flexibility index (Phi) is 5.62. The molecule has 0 unspecified atom stereocenters. The maximum Gasteiger partial charge on any atom is 0.228 e. The SMILES string of the molecule is O=C(Nc1ccnn1C1CCN(Cc2ccc3c(c2)OCCO3)CC1)C1CCCC1. The van der Waals surface area contributed by atoms with Crippen molar-refractivity contribution >= 4 is 11.7 Å². The Morgan fingerprint density at radius 3 is 2.60 bits per heavy atom. The second kappa shape index (κ2) is 8.68. The van der Waals surface area contributed by atoms with E-state index >= 15 is 0 Å². The Labute approximate surface area is 177 Å². The fourth-order valence-electron chi connectivity index (χ4n) is 4.89. The van der Waals surface area contributed by atoms with E-state index in [4.69, 9.17) is 9.47 Å². The number of hydrogen-bond acceptors (Lipinski definition) is 5. The van der Waals surface area contributed by atoms with Crippen LogP contribution in [-0.4, -0.2) is 46.9 Å². The van der Waals surface area contributed by atoms with E-state index in [9.17, 15) is 4.79 Å². The molecule has 160 valence electrons. The molecule has 30 heavy (non-hydrogen) atoms. The Morgan fingerprint density at radius 2 is 1.80 bits per heavy atom. The van der Waals surface area contributed by atoms with Gasteiger partial charge in [0.25, 0.3) is 0 Å². The van der Waals surface area contributed by atoms with Crippen LogP contribution in [0.2, 0.25) is 0 Å². The van der Waals surface area contributed by atoms with E-state index < -0.39 is 0 Å². The topological polar surface area (TPSA) is 68.6 Å². The maximum atomic E-state index is 12.5. The lowest BCUT2D eigenvalue weighted by Gasteiger charge is -2.33. The Bertz CT molecular complexity index is 882. The molecule has 1 saturated carbocycles. The zero-order valence-electron chi connectivity index (χ0n) is 17.4. The van der Waals surface area contributed by atoms with Gasteiger partial charge in [-0.25, -0.2) is 4.68 Å². The van der Waals surface area contributed by atoms with Gasteiger partial charge in [-0.1, -0.05) is 18.9 Å². The van der Waals surface area contributed by atoms with E-state index in [1.807, 2.05) is 16.8 Å². The van der Waals surface area contributed by atoms with Crippen LogP contribution in [0.5, 0.6) is 11.5 Å². The Balaban J connectivity index is 1.17. The summed E-state index contributed by atoms with van der Waals surface area (Å²) in [4.78, 5) is 15.0. The quantitative estimate of drug-likeness (QED) is 0.815. The van der Waals surface area contributed by atoms with E-state index in [0.29, 0.717) is 19.3 Å². The van der Waals surface area contributed by atoms with Crippen LogP contribution in [0, 0.1) is 5.92 Å². The predicted octanol–water partition coefficient (Wildman–Crippen LogP) is 3.62. The van der Waals surface area contributed by atoms with Crippen molar-refractivity contribution in [3.8, 4) is 11.5 Å². The second-order valence-corrected chi connectivity index (χ2v) is 8.62. The van der Waals surface area contributed by atoms with Gasteiger partial charge in [0.15, 0.2) is 11.5 Å². The molecule has 0 radical (unpaired) electrons. The van der Waals surface area contributed by atoms with Gasteiger partial charge in [0.2, 0.25) is 5.91 Å². The van der Waals surface area contributed by atoms with Crippen LogP contribution in [-0.2, 0) is 11.3 Å². The van der Waals surface area contributed by atoms with Gasteiger partial charge in [0.05, 0.1) is 12.2 Å². The standard InChI is InChI=1S/C23H30N4O3/c28-23(18-3-1-2-4-18)25-22-7-10-24-27(22)19-8-11-26(12-9-19)16-17-5-6-20-21(15-17)30-14-13-29-20/h5-7,10,15,18-19H,1-4,8-9,11-14,16H2,(H,25,28). The lowest BCUT2D eigenvalue weighted by molar-refractivity contribution is -0.119. The fourth-order valence-corrected chi connectivity index (χ4v) is 4.89. The first-order chi connectivity index (χ1) is 14.8. The minimum absolute atomic E-state index is 0.158. The van der Waals surface area contributed by atoms with Crippen LogP contribution < -0.4 is 14.8 Å². The van der Waals surface area contributed by atoms with Crippen LogP contribution in [0.1, 0.15) is 50.1 Å². The number of nitrogens with one attached hydrogen (secondary N) is 1. The minimum atomic E-state index is 0.158. The summed E-state index contributed by atoms with van der Waals surface area (Å²) < 4.78 is 13.4. The van der Waals surface area contributed by atoms with Crippen molar-refractivity contribution < 1.29 is 14.3 Å². The highest BCUT2D eigenvalue weighted by molar-refractivity contribution is 5.91. The van der Waals surface area contributed by atoms with Crippen molar-refractivity contribution in [1.29, 1.82) is 0 Å². The molecule has 0 spiro atoms. The van der Waals surface area contributed by atoms with Crippen LogP contribution in [0.4, 0.5) is 5.82 Å². The van der Waals surface area contributed by atoms with Crippen molar-refractivity contribution in [2.75, 3.05) is 31.6 Å². The van der Waals surface area contributed by atoms with Crippen molar-refractivity contribution in [2.24, 2.45) is 5.92 Å². The number of ether oxygens (including phenoxy) is 2. The van der Waals surface area contributed by atoms with E-state index in [0.717, 1.165) is 62.6 Å². The van der Waals surface area contributed by atoms with Gasteiger partial charge < -0.3 is 14.8 Å².